The second kappa shape index (κ2) is 7.86. The van der Waals surface area contributed by atoms with Gasteiger partial charge in [0, 0.05) is 23.7 Å². The van der Waals surface area contributed by atoms with Gasteiger partial charge in [-0.25, -0.2) is 0 Å². The van der Waals surface area contributed by atoms with E-state index in [4.69, 9.17) is 37.8 Å². The molecular weight excluding hydrogens is 301 g/mol. The Hall–Kier alpha value is -0.780. The second-order valence-corrected chi connectivity index (χ2v) is 5.25. The van der Waals surface area contributed by atoms with Crippen molar-refractivity contribution in [3.05, 3.63) is 33.3 Å². The number of benzene rings is 1. The number of aliphatic hydroxyl groups is 1. The SMILES string of the molecule is OCCOCCNCC1=Cc2cc(Cl)cc(Cl)c2OC1. The molecule has 4 nitrogen and oxygen atoms in total. The van der Waals surface area contributed by atoms with E-state index in [1.807, 2.05) is 12.1 Å². The summed E-state index contributed by atoms with van der Waals surface area (Å²) in [4.78, 5) is 0. The first-order chi connectivity index (χ1) is 9.70. The predicted octanol–water partition coefficient (Wildman–Crippen LogP) is 2.37. The van der Waals surface area contributed by atoms with Crippen molar-refractivity contribution in [1.82, 2.24) is 5.32 Å². The van der Waals surface area contributed by atoms with Gasteiger partial charge in [0.05, 0.1) is 24.8 Å². The number of nitrogens with one attached hydrogen (secondary N) is 1. The fraction of sp³-hybridized carbons (Fsp3) is 0.429. The van der Waals surface area contributed by atoms with Crippen LogP contribution in [0, 0.1) is 0 Å². The quantitative estimate of drug-likeness (QED) is 0.758. The Labute approximate surface area is 128 Å². The Bertz CT molecular complexity index is 492. The van der Waals surface area contributed by atoms with E-state index in [9.17, 15) is 0 Å². The maximum absolute atomic E-state index is 8.57. The van der Waals surface area contributed by atoms with Crippen LogP contribution in [-0.2, 0) is 4.74 Å². The number of hydrogen-bond acceptors (Lipinski definition) is 4. The molecule has 2 N–H and O–H groups in total. The number of ether oxygens (including phenoxy) is 2. The Balaban J connectivity index is 1.86. The molecule has 1 aliphatic heterocycles. The largest absolute Gasteiger partial charge is 0.487 e. The highest BCUT2D eigenvalue weighted by molar-refractivity contribution is 6.36. The molecule has 0 aliphatic carbocycles. The number of rotatable bonds is 7. The topological polar surface area (TPSA) is 50.7 Å². The Morgan fingerprint density at radius 1 is 1.30 bits per heavy atom. The third-order valence-electron chi connectivity index (χ3n) is 2.81. The molecule has 20 heavy (non-hydrogen) atoms. The van der Waals surface area contributed by atoms with Crippen molar-refractivity contribution in [2.75, 3.05) is 39.5 Å². The summed E-state index contributed by atoms with van der Waals surface area (Å²) in [6, 6.07) is 3.52. The number of fused-ring (bicyclic) bond motifs is 1. The Kier molecular flexibility index (Phi) is 6.13. The van der Waals surface area contributed by atoms with Crippen LogP contribution in [0.4, 0.5) is 0 Å². The highest BCUT2D eigenvalue weighted by Gasteiger charge is 2.15. The zero-order valence-corrected chi connectivity index (χ0v) is 12.5. The van der Waals surface area contributed by atoms with E-state index in [2.05, 4.69) is 5.32 Å². The lowest BCUT2D eigenvalue weighted by molar-refractivity contribution is 0.0942. The molecule has 0 unspecified atom stereocenters. The summed E-state index contributed by atoms with van der Waals surface area (Å²) in [7, 11) is 0. The van der Waals surface area contributed by atoms with E-state index in [-0.39, 0.29) is 6.61 Å². The standard InChI is InChI=1S/C14H17Cl2NO3/c15-12-6-11-5-10(8-17-1-3-19-4-2-18)9-20-14(11)13(16)7-12/h5-7,17-18H,1-4,8-9H2. The lowest BCUT2D eigenvalue weighted by Gasteiger charge is -2.19. The first-order valence-corrected chi connectivity index (χ1v) is 7.17. The monoisotopic (exact) mass is 317 g/mol. The smallest absolute Gasteiger partial charge is 0.145 e. The molecule has 0 atom stereocenters. The van der Waals surface area contributed by atoms with Crippen LogP contribution in [0.1, 0.15) is 5.56 Å². The van der Waals surface area contributed by atoms with Gasteiger partial charge in [-0.1, -0.05) is 23.2 Å². The van der Waals surface area contributed by atoms with Crippen molar-refractivity contribution in [1.29, 1.82) is 0 Å². The highest BCUT2D eigenvalue weighted by Crippen LogP contribution is 2.36. The molecule has 2 rings (SSSR count). The number of halogens is 2. The van der Waals surface area contributed by atoms with Gasteiger partial charge in [0.1, 0.15) is 12.4 Å². The molecule has 0 radical (unpaired) electrons. The maximum Gasteiger partial charge on any atom is 0.145 e. The van der Waals surface area contributed by atoms with Crippen LogP contribution in [0.5, 0.6) is 5.75 Å². The first kappa shape index (κ1) is 15.6. The molecule has 6 heteroatoms. The van der Waals surface area contributed by atoms with E-state index in [0.29, 0.717) is 42.2 Å². The van der Waals surface area contributed by atoms with Gasteiger partial charge >= 0.3 is 0 Å². The zero-order chi connectivity index (χ0) is 14.4. The molecule has 0 fully saturated rings. The summed E-state index contributed by atoms with van der Waals surface area (Å²) in [5.74, 6) is 0.686. The van der Waals surface area contributed by atoms with Crippen LogP contribution in [-0.4, -0.2) is 44.6 Å². The van der Waals surface area contributed by atoms with Gasteiger partial charge in [0.25, 0.3) is 0 Å². The molecule has 0 saturated heterocycles. The van der Waals surface area contributed by atoms with Gasteiger partial charge in [-0.15, -0.1) is 0 Å². The van der Waals surface area contributed by atoms with Crippen molar-refractivity contribution in [3.63, 3.8) is 0 Å². The van der Waals surface area contributed by atoms with Gasteiger partial charge in [0.2, 0.25) is 0 Å². The summed E-state index contributed by atoms with van der Waals surface area (Å²) in [5, 5.41) is 13.0. The third-order valence-corrected chi connectivity index (χ3v) is 3.31. The minimum Gasteiger partial charge on any atom is -0.487 e. The van der Waals surface area contributed by atoms with Crippen molar-refractivity contribution in [2.45, 2.75) is 0 Å². The van der Waals surface area contributed by atoms with Crippen molar-refractivity contribution >= 4 is 29.3 Å². The van der Waals surface area contributed by atoms with Gasteiger partial charge in [-0.05, 0) is 23.8 Å². The summed E-state index contributed by atoms with van der Waals surface area (Å²) >= 11 is 12.1. The summed E-state index contributed by atoms with van der Waals surface area (Å²) in [6.07, 6.45) is 2.04. The third kappa shape index (κ3) is 4.36. The summed E-state index contributed by atoms with van der Waals surface area (Å²) in [5.41, 5.74) is 2.03. The lowest BCUT2D eigenvalue weighted by Crippen LogP contribution is -2.25. The van der Waals surface area contributed by atoms with E-state index >= 15 is 0 Å². The lowest BCUT2D eigenvalue weighted by atomic mass is 10.1. The van der Waals surface area contributed by atoms with Crippen molar-refractivity contribution in [3.8, 4) is 5.75 Å². The van der Waals surface area contributed by atoms with Gasteiger partial charge in [-0.3, -0.25) is 0 Å². The van der Waals surface area contributed by atoms with E-state index in [1.54, 1.807) is 6.07 Å². The van der Waals surface area contributed by atoms with Gasteiger partial charge in [0.15, 0.2) is 0 Å². The van der Waals surface area contributed by atoms with E-state index in [1.165, 1.54) is 0 Å². The van der Waals surface area contributed by atoms with Crippen LogP contribution in [0.2, 0.25) is 10.0 Å². The Morgan fingerprint density at radius 3 is 2.95 bits per heavy atom. The average molecular weight is 318 g/mol. The van der Waals surface area contributed by atoms with Gasteiger partial charge < -0.3 is 19.9 Å². The van der Waals surface area contributed by atoms with E-state index in [0.717, 1.165) is 17.7 Å². The normalized spacial score (nSPS) is 13.7. The molecule has 0 bridgehead atoms. The number of hydrogen-bond donors (Lipinski definition) is 2. The minimum atomic E-state index is 0.0529. The molecular formula is C14H17Cl2NO3. The maximum atomic E-state index is 8.57. The van der Waals surface area contributed by atoms with Crippen molar-refractivity contribution in [2.24, 2.45) is 0 Å². The molecule has 0 spiro atoms. The highest BCUT2D eigenvalue weighted by atomic mass is 35.5. The number of aliphatic hydroxyl groups excluding tert-OH is 1. The van der Waals surface area contributed by atoms with Crippen LogP contribution < -0.4 is 10.1 Å². The van der Waals surface area contributed by atoms with Crippen LogP contribution in [0.15, 0.2) is 17.7 Å². The van der Waals surface area contributed by atoms with Crippen LogP contribution >= 0.6 is 23.2 Å². The molecule has 110 valence electrons. The van der Waals surface area contributed by atoms with Crippen LogP contribution in [0.3, 0.4) is 0 Å². The van der Waals surface area contributed by atoms with Gasteiger partial charge in [-0.2, -0.15) is 0 Å². The fourth-order valence-corrected chi connectivity index (χ4v) is 2.49. The molecule has 1 aromatic carbocycles. The molecule has 0 amide bonds. The molecule has 0 aromatic heterocycles. The average Bonchev–Trinajstić information content (AvgIpc) is 2.42. The predicted molar refractivity (Wildman–Crippen MR) is 80.7 cm³/mol. The fourth-order valence-electron chi connectivity index (χ4n) is 1.93. The van der Waals surface area contributed by atoms with Crippen molar-refractivity contribution < 1.29 is 14.6 Å². The minimum absolute atomic E-state index is 0.0529. The van der Waals surface area contributed by atoms with Crippen LogP contribution in [0.25, 0.3) is 6.08 Å². The summed E-state index contributed by atoms with van der Waals surface area (Å²) < 4.78 is 10.8. The first-order valence-electron chi connectivity index (χ1n) is 6.41. The molecule has 1 aromatic rings. The second-order valence-electron chi connectivity index (χ2n) is 4.41. The van der Waals surface area contributed by atoms with E-state index < -0.39 is 0 Å². The zero-order valence-electron chi connectivity index (χ0n) is 11.0. The summed E-state index contributed by atoms with van der Waals surface area (Å²) in [6.45, 7) is 2.95. The molecule has 1 aliphatic rings. The Morgan fingerprint density at radius 2 is 2.15 bits per heavy atom. The molecule has 1 heterocycles. The molecule has 0 saturated carbocycles.